The van der Waals surface area contributed by atoms with Crippen LogP contribution in [0.5, 0.6) is 0 Å². The third-order valence-electron chi connectivity index (χ3n) is 3.63. The topological polar surface area (TPSA) is 85.1 Å². The smallest absolute Gasteiger partial charge is 0.323 e. The Morgan fingerprint density at radius 2 is 2.10 bits per heavy atom. The zero-order valence-corrected chi connectivity index (χ0v) is 11.5. The minimum atomic E-state index is -1.06. The molecule has 0 aromatic carbocycles. The summed E-state index contributed by atoms with van der Waals surface area (Å²) < 4.78 is 1.22. The largest absolute Gasteiger partial charge is 0.480 e. The number of hydrogen-bond donors (Lipinski definition) is 1. The molecule has 0 saturated heterocycles. The number of carboxylic acids is 1. The first-order valence-electron chi connectivity index (χ1n) is 6.92. The highest BCUT2D eigenvalue weighted by atomic mass is 16.4. The second kappa shape index (κ2) is 5.47. The van der Waals surface area contributed by atoms with Crippen molar-refractivity contribution in [2.24, 2.45) is 0 Å². The molecule has 6 heteroatoms. The number of rotatable bonds is 3. The van der Waals surface area contributed by atoms with Gasteiger partial charge in [-0.25, -0.2) is 4.98 Å². The lowest BCUT2D eigenvalue weighted by Gasteiger charge is -2.18. The van der Waals surface area contributed by atoms with Gasteiger partial charge in [-0.2, -0.15) is 0 Å². The molecule has 1 aliphatic rings. The van der Waals surface area contributed by atoms with Gasteiger partial charge < -0.3 is 5.11 Å². The van der Waals surface area contributed by atoms with Gasteiger partial charge in [-0.3, -0.25) is 19.1 Å². The predicted molar refractivity (Wildman–Crippen MR) is 76.0 cm³/mol. The maximum atomic E-state index is 12.6. The van der Waals surface area contributed by atoms with Gasteiger partial charge in [0.15, 0.2) is 5.82 Å². The van der Waals surface area contributed by atoms with Crippen molar-refractivity contribution in [1.82, 2.24) is 14.5 Å². The van der Waals surface area contributed by atoms with Crippen LogP contribution in [0.4, 0.5) is 0 Å². The van der Waals surface area contributed by atoms with Crippen molar-refractivity contribution in [3.05, 3.63) is 46.0 Å². The fraction of sp³-hybridized carbons (Fsp3) is 0.333. The molecule has 0 radical (unpaired) electrons. The van der Waals surface area contributed by atoms with Crippen molar-refractivity contribution in [1.29, 1.82) is 0 Å². The minimum Gasteiger partial charge on any atom is -0.480 e. The highest BCUT2D eigenvalue weighted by Gasteiger charge is 2.21. The average molecular weight is 285 g/mol. The van der Waals surface area contributed by atoms with Gasteiger partial charge in [0.2, 0.25) is 0 Å². The predicted octanol–water partition coefficient (Wildman–Crippen LogP) is 1.27. The Morgan fingerprint density at radius 3 is 2.81 bits per heavy atom. The van der Waals surface area contributed by atoms with E-state index in [4.69, 9.17) is 5.11 Å². The molecule has 2 aromatic rings. The number of aliphatic carboxylic acids is 1. The summed E-state index contributed by atoms with van der Waals surface area (Å²) in [5, 5.41) is 9.06. The van der Waals surface area contributed by atoms with Crippen LogP contribution in [0.1, 0.15) is 24.1 Å². The van der Waals surface area contributed by atoms with Gasteiger partial charge >= 0.3 is 5.97 Å². The molecule has 108 valence electrons. The van der Waals surface area contributed by atoms with E-state index in [0.29, 0.717) is 23.5 Å². The monoisotopic (exact) mass is 285 g/mol. The van der Waals surface area contributed by atoms with Crippen LogP contribution in [-0.2, 0) is 24.2 Å². The standard InChI is InChI=1S/C15H15N3O3/c19-13(20)9-18-14(12-7-3-4-8-16-12)17-11-6-2-1-5-10(11)15(18)21/h3-4,7-8H,1-2,5-6,9H2,(H,19,20). The van der Waals surface area contributed by atoms with Crippen molar-refractivity contribution < 1.29 is 9.90 Å². The number of aromatic nitrogens is 3. The summed E-state index contributed by atoms with van der Waals surface area (Å²) in [6, 6.07) is 5.29. The number of carbonyl (C=O) groups is 1. The average Bonchev–Trinajstić information content (AvgIpc) is 2.50. The van der Waals surface area contributed by atoms with E-state index in [1.165, 1.54) is 4.57 Å². The Bertz CT molecular complexity index is 738. The van der Waals surface area contributed by atoms with Gasteiger partial charge in [0.1, 0.15) is 12.2 Å². The third kappa shape index (κ3) is 2.56. The maximum absolute atomic E-state index is 12.6. The van der Waals surface area contributed by atoms with E-state index in [2.05, 4.69) is 9.97 Å². The molecule has 2 heterocycles. The molecular weight excluding hydrogens is 270 g/mol. The van der Waals surface area contributed by atoms with Crippen LogP contribution in [0.3, 0.4) is 0 Å². The van der Waals surface area contributed by atoms with Crippen molar-refractivity contribution in [3.63, 3.8) is 0 Å². The lowest BCUT2D eigenvalue weighted by atomic mass is 9.97. The molecule has 1 N–H and O–H groups in total. The molecule has 21 heavy (non-hydrogen) atoms. The lowest BCUT2D eigenvalue weighted by molar-refractivity contribution is -0.137. The first-order chi connectivity index (χ1) is 10.2. The summed E-state index contributed by atoms with van der Waals surface area (Å²) in [6.45, 7) is -0.398. The van der Waals surface area contributed by atoms with Gasteiger partial charge in [-0.05, 0) is 37.8 Å². The van der Waals surface area contributed by atoms with Crippen LogP contribution in [0.25, 0.3) is 11.5 Å². The third-order valence-corrected chi connectivity index (χ3v) is 3.63. The number of pyridine rings is 1. The van der Waals surface area contributed by atoms with E-state index in [-0.39, 0.29) is 5.56 Å². The summed E-state index contributed by atoms with van der Waals surface area (Å²) >= 11 is 0. The Labute approximate surface area is 121 Å². The molecule has 0 atom stereocenters. The Balaban J connectivity index is 2.24. The van der Waals surface area contributed by atoms with Gasteiger partial charge in [0.05, 0.1) is 5.69 Å². The van der Waals surface area contributed by atoms with E-state index in [9.17, 15) is 9.59 Å². The Morgan fingerprint density at radius 1 is 1.29 bits per heavy atom. The van der Waals surface area contributed by atoms with Gasteiger partial charge in [0, 0.05) is 11.8 Å². The van der Waals surface area contributed by atoms with Gasteiger partial charge in [0.25, 0.3) is 5.56 Å². The summed E-state index contributed by atoms with van der Waals surface area (Å²) in [6.07, 6.45) is 4.98. The SMILES string of the molecule is O=C(O)Cn1c(-c2ccccn2)nc2c(c1=O)CCCC2. The first-order valence-corrected chi connectivity index (χ1v) is 6.92. The second-order valence-electron chi connectivity index (χ2n) is 5.07. The number of nitrogens with zero attached hydrogens (tertiary/aromatic N) is 3. The molecule has 1 aliphatic carbocycles. The summed E-state index contributed by atoms with van der Waals surface area (Å²) in [5.74, 6) is -0.726. The fourth-order valence-corrected chi connectivity index (χ4v) is 2.66. The van der Waals surface area contributed by atoms with Crippen LogP contribution in [0.2, 0.25) is 0 Å². The molecule has 3 rings (SSSR count). The first kappa shape index (κ1) is 13.5. The van der Waals surface area contributed by atoms with Gasteiger partial charge in [-0.15, -0.1) is 0 Å². The molecule has 0 unspecified atom stereocenters. The number of carboxylic acid groups (broad SMARTS) is 1. The van der Waals surface area contributed by atoms with Crippen molar-refractivity contribution in [2.75, 3.05) is 0 Å². The van der Waals surface area contributed by atoms with Crippen LogP contribution in [0.15, 0.2) is 29.2 Å². The van der Waals surface area contributed by atoms with E-state index >= 15 is 0 Å². The molecule has 6 nitrogen and oxygen atoms in total. The molecule has 0 spiro atoms. The van der Waals surface area contributed by atoms with Crippen LogP contribution in [-0.4, -0.2) is 25.6 Å². The zero-order valence-electron chi connectivity index (χ0n) is 11.5. The maximum Gasteiger partial charge on any atom is 0.323 e. The Hall–Kier alpha value is -2.50. The number of hydrogen-bond acceptors (Lipinski definition) is 4. The van der Waals surface area contributed by atoms with Crippen LogP contribution < -0.4 is 5.56 Å². The molecule has 0 aliphatic heterocycles. The zero-order chi connectivity index (χ0) is 14.8. The molecule has 2 aromatic heterocycles. The fourth-order valence-electron chi connectivity index (χ4n) is 2.66. The summed E-state index contributed by atoms with van der Waals surface area (Å²) in [4.78, 5) is 32.4. The highest BCUT2D eigenvalue weighted by molar-refractivity contribution is 5.67. The van der Waals surface area contributed by atoms with E-state index in [1.807, 2.05) is 0 Å². The van der Waals surface area contributed by atoms with E-state index in [1.54, 1.807) is 24.4 Å². The van der Waals surface area contributed by atoms with Crippen LogP contribution in [0, 0.1) is 0 Å². The minimum absolute atomic E-state index is 0.247. The van der Waals surface area contributed by atoms with Gasteiger partial charge in [-0.1, -0.05) is 6.07 Å². The lowest BCUT2D eigenvalue weighted by Crippen LogP contribution is -2.32. The summed E-state index contributed by atoms with van der Waals surface area (Å²) in [5.41, 5.74) is 1.71. The number of aryl methyl sites for hydroxylation is 1. The van der Waals surface area contributed by atoms with Crippen molar-refractivity contribution in [3.8, 4) is 11.5 Å². The molecular formula is C15H15N3O3. The van der Waals surface area contributed by atoms with Crippen molar-refractivity contribution in [2.45, 2.75) is 32.2 Å². The van der Waals surface area contributed by atoms with E-state index in [0.717, 1.165) is 25.0 Å². The number of fused-ring (bicyclic) bond motifs is 1. The van der Waals surface area contributed by atoms with Crippen LogP contribution >= 0.6 is 0 Å². The summed E-state index contributed by atoms with van der Waals surface area (Å²) in [7, 11) is 0. The normalized spacial score (nSPS) is 13.7. The second-order valence-corrected chi connectivity index (χ2v) is 5.07. The quantitative estimate of drug-likeness (QED) is 0.918. The Kier molecular flexibility index (Phi) is 3.51. The highest BCUT2D eigenvalue weighted by Crippen LogP contribution is 2.20. The molecule has 0 saturated carbocycles. The molecule has 0 fully saturated rings. The van der Waals surface area contributed by atoms with Crippen molar-refractivity contribution >= 4 is 5.97 Å². The van der Waals surface area contributed by atoms with E-state index < -0.39 is 12.5 Å². The molecule has 0 amide bonds. The molecule has 0 bridgehead atoms.